The smallest absolute Gasteiger partial charge is 0.125 e. The highest BCUT2D eigenvalue weighted by Gasteiger charge is 2.26. The van der Waals surface area contributed by atoms with Gasteiger partial charge in [-0.25, -0.2) is 0 Å². The van der Waals surface area contributed by atoms with Crippen LogP contribution in [0.4, 0.5) is 5.69 Å². The van der Waals surface area contributed by atoms with E-state index in [1.807, 2.05) is 12.1 Å². The first-order valence-electron chi connectivity index (χ1n) is 7.51. The number of benzene rings is 2. The van der Waals surface area contributed by atoms with Crippen molar-refractivity contribution in [1.29, 1.82) is 0 Å². The van der Waals surface area contributed by atoms with Crippen LogP contribution in [0.25, 0.3) is 11.8 Å². The van der Waals surface area contributed by atoms with E-state index >= 15 is 0 Å². The average Bonchev–Trinajstić information content (AvgIpc) is 2.80. The molecule has 5 heteroatoms. The lowest BCUT2D eigenvalue weighted by Gasteiger charge is -2.15. The van der Waals surface area contributed by atoms with E-state index in [4.69, 9.17) is 5.73 Å². The lowest BCUT2D eigenvalue weighted by atomic mass is 9.92. The second-order valence-electron chi connectivity index (χ2n) is 6.03. The van der Waals surface area contributed by atoms with Crippen LogP contribution in [0, 0.1) is 3.57 Å². The second kappa shape index (κ2) is 6.05. The Morgan fingerprint density at radius 2 is 1.96 bits per heavy atom. The molecule has 0 fully saturated rings. The fraction of sp³-hybridized carbons (Fsp3) is 0.158. The van der Waals surface area contributed by atoms with Gasteiger partial charge in [0, 0.05) is 37.9 Å². The van der Waals surface area contributed by atoms with Crippen LogP contribution in [0.15, 0.2) is 36.4 Å². The molecule has 0 aliphatic heterocycles. The second-order valence-corrected chi connectivity index (χ2v) is 7.11. The Bertz CT molecular complexity index is 887. The van der Waals surface area contributed by atoms with Crippen LogP contribution in [0.1, 0.15) is 35.1 Å². The summed E-state index contributed by atoms with van der Waals surface area (Å²) in [4.78, 5) is 0. The molecule has 0 saturated heterocycles. The van der Waals surface area contributed by atoms with Crippen LogP contribution >= 0.6 is 22.6 Å². The van der Waals surface area contributed by atoms with Gasteiger partial charge in [-0.1, -0.05) is 25.2 Å². The van der Waals surface area contributed by atoms with Gasteiger partial charge < -0.3 is 21.1 Å². The van der Waals surface area contributed by atoms with Gasteiger partial charge >= 0.3 is 0 Å². The van der Waals surface area contributed by atoms with Crippen LogP contribution in [0.2, 0.25) is 0 Å². The molecule has 0 saturated carbocycles. The molecule has 1 unspecified atom stereocenters. The molecular weight excluding hydrogens is 417 g/mol. The van der Waals surface area contributed by atoms with E-state index in [0.29, 0.717) is 17.7 Å². The molecule has 4 nitrogen and oxygen atoms in total. The summed E-state index contributed by atoms with van der Waals surface area (Å²) in [6, 6.07) is 6.64. The zero-order valence-corrected chi connectivity index (χ0v) is 15.3. The molecule has 0 bridgehead atoms. The number of hydrogen-bond acceptors (Lipinski definition) is 4. The van der Waals surface area contributed by atoms with Crippen molar-refractivity contribution in [3.63, 3.8) is 0 Å². The summed E-state index contributed by atoms with van der Waals surface area (Å²) < 4.78 is 0.771. The minimum absolute atomic E-state index is 0.0252. The highest BCUT2D eigenvalue weighted by atomic mass is 127. The third-order valence-corrected chi connectivity index (χ3v) is 5.71. The van der Waals surface area contributed by atoms with Crippen molar-refractivity contribution in [3.8, 4) is 11.5 Å². The van der Waals surface area contributed by atoms with Gasteiger partial charge in [0.2, 0.25) is 0 Å². The largest absolute Gasteiger partial charge is 0.508 e. The molecule has 1 aliphatic rings. The van der Waals surface area contributed by atoms with E-state index in [2.05, 4.69) is 36.1 Å². The number of nitrogen functional groups attached to an aromatic ring is 1. The molecule has 3 rings (SSSR count). The Balaban J connectivity index is 2.02. The minimum atomic E-state index is -0.0252. The van der Waals surface area contributed by atoms with E-state index in [0.717, 1.165) is 25.8 Å². The van der Waals surface area contributed by atoms with E-state index < -0.39 is 0 Å². The van der Waals surface area contributed by atoms with Gasteiger partial charge in [-0.05, 0) is 52.8 Å². The van der Waals surface area contributed by atoms with Crippen molar-refractivity contribution in [1.82, 2.24) is 0 Å². The molecule has 2 aromatic rings. The molecule has 2 aromatic carbocycles. The summed E-state index contributed by atoms with van der Waals surface area (Å²) >= 11 is 2.11. The quantitative estimate of drug-likeness (QED) is 0.324. The SMILES string of the molecule is C=C(O)c1ccc(O)c(CC2=Cc3c(O)cc(N)cc3C2C)c1I. The monoisotopic (exact) mass is 435 g/mol. The molecule has 5 N–H and O–H groups in total. The van der Waals surface area contributed by atoms with Gasteiger partial charge in [0.25, 0.3) is 0 Å². The third-order valence-electron chi connectivity index (χ3n) is 4.48. The number of nitrogens with two attached hydrogens (primary N) is 1. The zero-order valence-electron chi connectivity index (χ0n) is 13.2. The molecule has 0 aromatic heterocycles. The number of halogens is 1. The molecule has 1 atom stereocenters. The van der Waals surface area contributed by atoms with E-state index in [1.165, 1.54) is 0 Å². The first-order chi connectivity index (χ1) is 11.3. The average molecular weight is 435 g/mol. The van der Waals surface area contributed by atoms with Crippen molar-refractivity contribution in [3.05, 3.63) is 62.2 Å². The summed E-state index contributed by atoms with van der Waals surface area (Å²) in [5.41, 5.74) is 10.5. The Kier molecular flexibility index (Phi) is 4.21. The number of rotatable bonds is 3. The van der Waals surface area contributed by atoms with Crippen molar-refractivity contribution in [2.45, 2.75) is 19.3 Å². The Morgan fingerprint density at radius 3 is 2.62 bits per heavy atom. The molecular formula is C19H18INO3. The number of aromatic hydroxyl groups is 2. The number of phenolic OH excluding ortho intramolecular Hbond substituents is 2. The highest BCUT2D eigenvalue weighted by molar-refractivity contribution is 14.1. The molecule has 0 heterocycles. The van der Waals surface area contributed by atoms with Crippen LogP contribution in [-0.4, -0.2) is 15.3 Å². The first-order valence-corrected chi connectivity index (χ1v) is 8.59. The minimum Gasteiger partial charge on any atom is -0.508 e. The molecule has 0 spiro atoms. The Labute approximate surface area is 154 Å². The molecule has 24 heavy (non-hydrogen) atoms. The lowest BCUT2D eigenvalue weighted by Crippen LogP contribution is -2.02. The van der Waals surface area contributed by atoms with Crippen LogP contribution in [0.5, 0.6) is 11.5 Å². The highest BCUT2D eigenvalue weighted by Crippen LogP contribution is 2.44. The Morgan fingerprint density at radius 1 is 1.25 bits per heavy atom. The number of aliphatic hydroxyl groups excluding tert-OH is 1. The van der Waals surface area contributed by atoms with Crippen LogP contribution in [0.3, 0.4) is 0 Å². The van der Waals surface area contributed by atoms with Gasteiger partial charge in [0.1, 0.15) is 17.3 Å². The van der Waals surface area contributed by atoms with Gasteiger partial charge in [-0.2, -0.15) is 0 Å². The Hall–Kier alpha value is -2.15. The first kappa shape index (κ1) is 16.7. The normalized spacial score (nSPS) is 15.9. The van der Waals surface area contributed by atoms with Crippen LogP contribution in [-0.2, 0) is 6.42 Å². The van der Waals surface area contributed by atoms with E-state index in [-0.39, 0.29) is 23.2 Å². The van der Waals surface area contributed by atoms with E-state index in [9.17, 15) is 15.3 Å². The third kappa shape index (κ3) is 2.73. The van der Waals surface area contributed by atoms with Crippen molar-refractivity contribution in [2.75, 3.05) is 5.73 Å². The maximum atomic E-state index is 10.2. The maximum absolute atomic E-state index is 10.2. The maximum Gasteiger partial charge on any atom is 0.125 e. The summed E-state index contributed by atoms with van der Waals surface area (Å²) in [6.45, 7) is 5.62. The fourth-order valence-corrected chi connectivity index (χ4v) is 4.08. The number of fused-ring (bicyclic) bond motifs is 1. The van der Waals surface area contributed by atoms with Crippen LogP contribution < -0.4 is 5.73 Å². The van der Waals surface area contributed by atoms with Gasteiger partial charge in [-0.15, -0.1) is 0 Å². The number of phenols is 2. The zero-order chi connectivity index (χ0) is 17.6. The van der Waals surface area contributed by atoms with Gasteiger partial charge in [0.05, 0.1) is 0 Å². The molecule has 124 valence electrons. The molecule has 1 aliphatic carbocycles. The van der Waals surface area contributed by atoms with E-state index in [1.54, 1.807) is 18.2 Å². The standard InChI is InChI=1S/C19H18INO3/c1-9-11(5-15-14(9)7-12(21)8-18(15)24)6-16-17(23)4-3-13(10(2)22)19(16)20/h3-5,7-9,22-24H,2,6,21H2,1H3. The number of aliphatic hydroxyl groups is 1. The summed E-state index contributed by atoms with van der Waals surface area (Å²) in [6.07, 6.45) is 2.46. The summed E-state index contributed by atoms with van der Waals surface area (Å²) in [5.74, 6) is 0.411. The predicted molar refractivity (Wildman–Crippen MR) is 105 cm³/mol. The number of anilines is 1. The molecule has 0 radical (unpaired) electrons. The molecule has 0 amide bonds. The topological polar surface area (TPSA) is 86.7 Å². The van der Waals surface area contributed by atoms with Gasteiger partial charge in [0.15, 0.2) is 0 Å². The summed E-state index contributed by atoms with van der Waals surface area (Å²) in [5, 5.41) is 30.1. The van der Waals surface area contributed by atoms with Gasteiger partial charge in [-0.3, -0.25) is 0 Å². The van der Waals surface area contributed by atoms with Crippen molar-refractivity contribution in [2.24, 2.45) is 0 Å². The number of hydrogen-bond donors (Lipinski definition) is 4. The van der Waals surface area contributed by atoms with Crippen molar-refractivity contribution >= 4 is 40.1 Å². The fourth-order valence-electron chi connectivity index (χ4n) is 3.12. The lowest BCUT2D eigenvalue weighted by molar-refractivity contribution is 0.467. The number of allylic oxidation sites excluding steroid dienone is 1. The predicted octanol–water partition coefficient (Wildman–Crippen LogP) is 4.56. The van der Waals surface area contributed by atoms with Crippen molar-refractivity contribution < 1.29 is 15.3 Å². The summed E-state index contributed by atoms with van der Waals surface area (Å²) in [7, 11) is 0.